The van der Waals surface area contributed by atoms with Crippen molar-refractivity contribution in [2.24, 2.45) is 0 Å². The Labute approximate surface area is 307 Å². The van der Waals surface area contributed by atoms with E-state index in [9.17, 15) is 14.4 Å². The maximum atomic E-state index is 13.9. The first kappa shape index (κ1) is 34.1. The fourth-order valence-electron chi connectivity index (χ4n) is 5.97. The van der Waals surface area contributed by atoms with Crippen molar-refractivity contribution < 1.29 is 13.9 Å². The third-order valence-corrected chi connectivity index (χ3v) is 9.40. The molecule has 0 spiro atoms. The molecule has 10 nitrogen and oxygen atoms in total. The van der Waals surface area contributed by atoms with Crippen LogP contribution in [0.5, 0.6) is 0 Å². The van der Waals surface area contributed by atoms with Gasteiger partial charge in [0.05, 0.1) is 45.1 Å². The Morgan fingerprint density at radius 1 is 1.02 bits per heavy atom. The Morgan fingerprint density at radius 3 is 2.57 bits per heavy atom. The van der Waals surface area contributed by atoms with Crippen molar-refractivity contribution in [2.45, 2.75) is 25.1 Å². The molecule has 7 rings (SSSR count). The first-order chi connectivity index (χ1) is 24.7. The fourth-order valence-corrected chi connectivity index (χ4v) is 6.54. The van der Waals surface area contributed by atoms with Crippen LogP contribution in [-0.2, 0) is 11.3 Å². The monoisotopic (exact) mass is 740 g/mol. The van der Waals surface area contributed by atoms with Gasteiger partial charge in [-0.05, 0) is 60.0 Å². The second kappa shape index (κ2) is 14.8. The van der Waals surface area contributed by atoms with Crippen molar-refractivity contribution >= 4 is 68.9 Å². The highest BCUT2D eigenvalue weighted by Gasteiger charge is 2.30. The summed E-state index contributed by atoms with van der Waals surface area (Å²) in [5.41, 5.74) is 4.60. The zero-order valence-corrected chi connectivity index (χ0v) is 29.0. The number of pyridine rings is 1. The molecule has 0 bridgehead atoms. The van der Waals surface area contributed by atoms with E-state index >= 15 is 0 Å². The lowest BCUT2D eigenvalue weighted by atomic mass is 10.0. The summed E-state index contributed by atoms with van der Waals surface area (Å²) in [6, 6.07) is 26.2. The van der Waals surface area contributed by atoms with Gasteiger partial charge in [-0.3, -0.25) is 4.98 Å². The average Bonchev–Trinajstić information content (AvgIpc) is 3.83. The van der Waals surface area contributed by atoms with Crippen LogP contribution >= 0.6 is 34.8 Å². The molecule has 1 aliphatic rings. The molecule has 1 fully saturated rings. The van der Waals surface area contributed by atoms with Crippen molar-refractivity contribution in [1.29, 1.82) is 5.26 Å². The van der Waals surface area contributed by atoms with Gasteiger partial charge in [0.15, 0.2) is 0 Å². The van der Waals surface area contributed by atoms with E-state index in [0.717, 1.165) is 11.1 Å². The number of hydrogen-bond acceptors (Lipinski definition) is 8. The van der Waals surface area contributed by atoms with E-state index in [2.05, 4.69) is 32.0 Å². The fraction of sp³-hybridized carbons (Fsp3) is 0.162. The molecule has 3 heterocycles. The second-order valence-corrected chi connectivity index (χ2v) is 13.2. The number of benzene rings is 4. The van der Waals surface area contributed by atoms with E-state index in [0.29, 0.717) is 63.2 Å². The normalized spacial score (nSPS) is 14.6. The van der Waals surface area contributed by atoms with Crippen LogP contribution < -0.4 is 10.6 Å². The average molecular weight is 742 g/mol. The number of ether oxygens (including phenoxy) is 1. The van der Waals surface area contributed by atoms with Crippen molar-refractivity contribution in [1.82, 2.24) is 24.9 Å². The van der Waals surface area contributed by atoms with E-state index in [4.69, 9.17) is 39.5 Å². The molecule has 0 saturated carbocycles. The molecule has 0 radical (unpaired) electrons. The standard InChI is InChI=1S/C37H28Cl3FN8O2/c38-25-8-6-23(7-9-25)35(33-20-49(47-46-33)28-12-13-48(19-28)37(50)51-21-22-4-2-1-3-5-22)45-27-14-29-34(44-26-10-11-32(41)30(39)15-26)24(17-42)18-43-36(29)31(40)16-27/h1-11,14-16,18,20,28,35,45H,12-13,19,21H2,(H,43,44). The number of hydrogen-bond donors (Lipinski definition) is 2. The molecule has 1 amide bonds. The summed E-state index contributed by atoms with van der Waals surface area (Å²) < 4.78 is 21.2. The highest BCUT2D eigenvalue weighted by molar-refractivity contribution is 6.36. The smallest absolute Gasteiger partial charge is 0.410 e. The van der Waals surface area contributed by atoms with Gasteiger partial charge in [-0.25, -0.2) is 13.9 Å². The van der Waals surface area contributed by atoms with Crippen molar-refractivity contribution in [3.63, 3.8) is 0 Å². The molecule has 1 aliphatic heterocycles. The summed E-state index contributed by atoms with van der Waals surface area (Å²) in [7, 11) is 0. The predicted molar refractivity (Wildman–Crippen MR) is 195 cm³/mol. The summed E-state index contributed by atoms with van der Waals surface area (Å²) in [5.74, 6) is -0.561. The van der Waals surface area contributed by atoms with E-state index in [1.165, 1.54) is 24.4 Å². The number of halogens is 4. The van der Waals surface area contributed by atoms with E-state index in [1.807, 2.05) is 54.7 Å². The van der Waals surface area contributed by atoms with Gasteiger partial charge in [-0.2, -0.15) is 5.26 Å². The summed E-state index contributed by atoms with van der Waals surface area (Å²) in [6.45, 7) is 1.16. The first-order valence-electron chi connectivity index (χ1n) is 15.9. The minimum Gasteiger partial charge on any atom is -0.445 e. The topological polar surface area (TPSA) is 121 Å². The number of anilines is 3. The quantitative estimate of drug-likeness (QED) is 0.150. The number of nitrogens with zero attached hydrogens (tertiary/aromatic N) is 6. The molecule has 2 unspecified atom stereocenters. The largest absolute Gasteiger partial charge is 0.445 e. The third-order valence-electron chi connectivity index (χ3n) is 8.57. The summed E-state index contributed by atoms with van der Waals surface area (Å²) >= 11 is 19.1. The number of nitrogens with one attached hydrogen (secondary N) is 2. The first-order valence-corrected chi connectivity index (χ1v) is 17.0. The zero-order valence-electron chi connectivity index (χ0n) is 26.7. The van der Waals surface area contributed by atoms with Crippen LogP contribution in [0.2, 0.25) is 15.1 Å². The number of amides is 1. The number of aromatic nitrogens is 4. The van der Waals surface area contributed by atoms with Crippen molar-refractivity contribution in [3.8, 4) is 6.07 Å². The lowest BCUT2D eigenvalue weighted by Gasteiger charge is -2.20. The Morgan fingerprint density at radius 2 is 1.80 bits per heavy atom. The van der Waals surface area contributed by atoms with Crippen LogP contribution in [0.4, 0.5) is 26.2 Å². The van der Waals surface area contributed by atoms with Gasteiger partial charge in [0.25, 0.3) is 0 Å². The number of likely N-dealkylation sites (tertiary alicyclic amines) is 1. The lowest BCUT2D eigenvalue weighted by Crippen LogP contribution is -2.29. The van der Waals surface area contributed by atoms with Crippen LogP contribution in [0.25, 0.3) is 10.9 Å². The molecular formula is C37H28Cl3FN8O2. The molecule has 2 atom stereocenters. The van der Waals surface area contributed by atoms with Gasteiger partial charge in [0, 0.05) is 41.1 Å². The minimum absolute atomic E-state index is 0.0654. The maximum Gasteiger partial charge on any atom is 0.410 e. The van der Waals surface area contributed by atoms with E-state index in [-0.39, 0.29) is 29.3 Å². The van der Waals surface area contributed by atoms with E-state index < -0.39 is 11.9 Å². The number of carbonyl (C=O) groups excluding carboxylic acids is 1. The van der Waals surface area contributed by atoms with Gasteiger partial charge in [-0.15, -0.1) is 5.10 Å². The van der Waals surface area contributed by atoms with Crippen LogP contribution in [0.15, 0.2) is 97.3 Å². The van der Waals surface area contributed by atoms with Gasteiger partial charge in [0.2, 0.25) is 0 Å². The summed E-state index contributed by atoms with van der Waals surface area (Å²) in [4.78, 5) is 18.9. The molecule has 256 valence electrons. The minimum atomic E-state index is -0.561. The molecule has 4 aromatic carbocycles. The Balaban J connectivity index is 1.16. The van der Waals surface area contributed by atoms with Crippen molar-refractivity contribution in [3.05, 3.63) is 141 Å². The van der Waals surface area contributed by atoms with Crippen LogP contribution in [0.3, 0.4) is 0 Å². The Hall–Kier alpha value is -5.41. The maximum absolute atomic E-state index is 13.9. The lowest BCUT2D eigenvalue weighted by molar-refractivity contribution is 0.103. The second-order valence-electron chi connectivity index (χ2n) is 11.9. The van der Waals surface area contributed by atoms with Gasteiger partial charge in [-0.1, -0.05) is 82.5 Å². The Bertz CT molecular complexity index is 2260. The molecule has 2 aromatic heterocycles. The highest BCUT2D eigenvalue weighted by atomic mass is 35.5. The van der Waals surface area contributed by atoms with Crippen LogP contribution in [0, 0.1) is 17.1 Å². The molecule has 2 N–H and O–H groups in total. The number of rotatable bonds is 9. The summed E-state index contributed by atoms with van der Waals surface area (Å²) in [5, 5.41) is 27.1. The molecule has 6 aromatic rings. The number of carbonyl (C=O) groups is 1. The van der Waals surface area contributed by atoms with Crippen molar-refractivity contribution in [2.75, 3.05) is 23.7 Å². The third kappa shape index (κ3) is 7.54. The van der Waals surface area contributed by atoms with Gasteiger partial charge >= 0.3 is 6.09 Å². The number of nitriles is 1. The van der Waals surface area contributed by atoms with Crippen LogP contribution in [-0.4, -0.2) is 44.1 Å². The molecule has 0 aliphatic carbocycles. The zero-order chi connectivity index (χ0) is 35.5. The number of fused-ring (bicyclic) bond motifs is 1. The molecular weight excluding hydrogens is 714 g/mol. The van der Waals surface area contributed by atoms with Gasteiger partial charge < -0.3 is 20.3 Å². The SMILES string of the molecule is N#Cc1cnc2c(Cl)cc(NC(c3ccc(Cl)cc3)c3cn(C4CCN(C(=O)OCc5ccccc5)C4)nn3)cc2c1Nc1ccc(F)c(Cl)c1. The summed E-state index contributed by atoms with van der Waals surface area (Å²) in [6.07, 6.45) is 3.60. The predicted octanol–water partition coefficient (Wildman–Crippen LogP) is 9.33. The van der Waals surface area contributed by atoms with E-state index in [1.54, 1.807) is 27.8 Å². The van der Waals surface area contributed by atoms with Crippen LogP contribution in [0.1, 0.15) is 40.9 Å². The van der Waals surface area contributed by atoms with Gasteiger partial charge in [0.1, 0.15) is 24.2 Å². The highest BCUT2D eigenvalue weighted by Crippen LogP contribution is 2.37. The molecule has 51 heavy (non-hydrogen) atoms. The molecule has 1 saturated heterocycles. The molecule has 14 heteroatoms. The Kier molecular flexibility index (Phi) is 9.90.